The maximum absolute atomic E-state index is 10.4. The first-order chi connectivity index (χ1) is 6.61. The first-order valence-electron chi connectivity index (χ1n) is 4.03. The highest BCUT2D eigenvalue weighted by atomic mass is 16.5. The van der Waals surface area contributed by atoms with E-state index in [0.717, 1.165) is 0 Å². The second-order valence-electron chi connectivity index (χ2n) is 2.45. The molecule has 0 radical (unpaired) electrons. The van der Waals surface area contributed by atoms with Crippen LogP contribution in [0.4, 0.5) is 0 Å². The van der Waals surface area contributed by atoms with Crippen molar-refractivity contribution in [3.8, 4) is 0 Å². The maximum Gasteiger partial charge on any atom is 0.231 e. The van der Waals surface area contributed by atoms with Crippen LogP contribution in [0.3, 0.4) is 0 Å². The lowest BCUT2D eigenvalue weighted by Gasteiger charge is -2.01. The Morgan fingerprint density at radius 3 is 2.57 bits per heavy atom. The van der Waals surface area contributed by atoms with Gasteiger partial charge in [-0.15, -0.1) is 0 Å². The molecule has 0 fully saturated rings. The monoisotopic (exact) mass is 197 g/mol. The minimum absolute atomic E-state index is 0.190. The Labute approximate surface area is 83.1 Å². The number of primary amides is 1. The molecule has 0 bridgehead atoms. The maximum atomic E-state index is 10.4. The molecule has 0 aromatic heterocycles. The topological polar surface area (TPSA) is 90.7 Å². The Morgan fingerprint density at radius 1 is 1.50 bits per heavy atom. The highest BCUT2D eigenvalue weighted by Crippen LogP contribution is 1.92. The fourth-order valence-electron chi connectivity index (χ4n) is 0.765. The van der Waals surface area contributed by atoms with E-state index in [2.05, 4.69) is 4.99 Å². The van der Waals surface area contributed by atoms with Crippen LogP contribution in [-0.2, 0) is 9.53 Å². The molecule has 0 aliphatic heterocycles. The van der Waals surface area contributed by atoms with Crippen LogP contribution in [0.15, 0.2) is 28.9 Å². The highest BCUT2D eigenvalue weighted by molar-refractivity contribution is 5.92. The first-order valence-corrected chi connectivity index (χ1v) is 4.03. The first kappa shape index (κ1) is 12.2. The number of aliphatic imine (C=N–C) groups is 1. The minimum atomic E-state index is -0.385. The Bertz CT molecular complexity index is 280. The van der Waals surface area contributed by atoms with Crippen molar-refractivity contribution in [2.45, 2.75) is 6.42 Å². The van der Waals surface area contributed by atoms with E-state index in [-0.39, 0.29) is 12.3 Å². The summed E-state index contributed by atoms with van der Waals surface area (Å²) in [5, 5.41) is 0. The number of carbonyl (C=O) groups is 1. The zero-order chi connectivity index (χ0) is 11.0. The van der Waals surface area contributed by atoms with Crippen LogP contribution in [0.2, 0.25) is 0 Å². The van der Waals surface area contributed by atoms with Gasteiger partial charge in [-0.25, -0.2) is 0 Å². The SMILES string of the molecule is CN=C(OC)/C(N)=C/C=C\CC(N)=O. The van der Waals surface area contributed by atoms with Gasteiger partial charge in [0.15, 0.2) is 0 Å². The molecule has 0 aliphatic carbocycles. The average molecular weight is 197 g/mol. The van der Waals surface area contributed by atoms with Crippen LogP contribution in [0.25, 0.3) is 0 Å². The van der Waals surface area contributed by atoms with Gasteiger partial charge in [0.1, 0.15) is 0 Å². The predicted molar refractivity (Wildman–Crippen MR) is 55.6 cm³/mol. The zero-order valence-electron chi connectivity index (χ0n) is 8.36. The number of nitrogens with zero attached hydrogens (tertiary/aromatic N) is 1. The summed E-state index contributed by atoms with van der Waals surface area (Å²) in [7, 11) is 3.06. The van der Waals surface area contributed by atoms with Gasteiger partial charge in [-0.1, -0.05) is 12.2 Å². The smallest absolute Gasteiger partial charge is 0.231 e. The molecule has 0 aromatic rings. The highest BCUT2D eigenvalue weighted by Gasteiger charge is 1.97. The molecule has 0 rings (SSSR count). The Balaban J connectivity index is 4.24. The number of hydrogen-bond acceptors (Lipinski definition) is 4. The van der Waals surface area contributed by atoms with E-state index in [1.54, 1.807) is 25.3 Å². The summed E-state index contributed by atoms with van der Waals surface area (Å²) in [6, 6.07) is 0. The summed E-state index contributed by atoms with van der Waals surface area (Å²) in [6.45, 7) is 0. The lowest BCUT2D eigenvalue weighted by molar-refractivity contribution is -0.117. The van der Waals surface area contributed by atoms with Gasteiger partial charge in [0.25, 0.3) is 0 Å². The number of amides is 1. The van der Waals surface area contributed by atoms with Crippen molar-refractivity contribution in [2.75, 3.05) is 14.2 Å². The van der Waals surface area contributed by atoms with E-state index in [1.165, 1.54) is 7.11 Å². The molecule has 0 aliphatic rings. The van der Waals surface area contributed by atoms with E-state index in [0.29, 0.717) is 11.6 Å². The Kier molecular flexibility index (Phi) is 5.85. The molecule has 0 aromatic carbocycles. The number of allylic oxidation sites excluding steroid dienone is 2. The van der Waals surface area contributed by atoms with Crippen LogP contribution >= 0.6 is 0 Å². The molecule has 0 spiro atoms. The van der Waals surface area contributed by atoms with Gasteiger partial charge in [-0.3, -0.25) is 9.79 Å². The lowest BCUT2D eigenvalue weighted by atomic mass is 10.3. The molecule has 0 saturated heterocycles. The van der Waals surface area contributed by atoms with E-state index < -0.39 is 0 Å². The van der Waals surface area contributed by atoms with Crippen LogP contribution in [0.1, 0.15) is 6.42 Å². The van der Waals surface area contributed by atoms with Crippen LogP contribution in [0.5, 0.6) is 0 Å². The zero-order valence-corrected chi connectivity index (χ0v) is 8.36. The van der Waals surface area contributed by atoms with E-state index in [4.69, 9.17) is 16.2 Å². The van der Waals surface area contributed by atoms with Crippen molar-refractivity contribution in [3.05, 3.63) is 23.9 Å². The summed E-state index contributed by atoms with van der Waals surface area (Å²) in [5.41, 5.74) is 10.9. The molecule has 0 unspecified atom stereocenters. The standard InChI is InChI=1S/C9H15N3O2/c1-12-9(14-2)7(10)5-3-4-6-8(11)13/h3-5H,6,10H2,1-2H3,(H2,11,13)/b4-3-,7-5-,12-9?. The van der Waals surface area contributed by atoms with Crippen molar-refractivity contribution in [1.29, 1.82) is 0 Å². The summed E-state index contributed by atoms with van der Waals surface area (Å²) in [5.74, 6) is -0.0296. The fourth-order valence-corrected chi connectivity index (χ4v) is 0.765. The van der Waals surface area contributed by atoms with Crippen molar-refractivity contribution in [3.63, 3.8) is 0 Å². The van der Waals surface area contributed by atoms with Crippen molar-refractivity contribution < 1.29 is 9.53 Å². The summed E-state index contributed by atoms with van der Waals surface area (Å²) in [6.07, 6.45) is 5.02. The van der Waals surface area contributed by atoms with Gasteiger partial charge >= 0.3 is 0 Å². The van der Waals surface area contributed by atoms with Crippen LogP contribution in [0, 0.1) is 0 Å². The van der Waals surface area contributed by atoms with E-state index >= 15 is 0 Å². The number of methoxy groups -OCH3 is 1. The summed E-state index contributed by atoms with van der Waals surface area (Å²) in [4.78, 5) is 14.2. The molecule has 4 N–H and O–H groups in total. The molecule has 14 heavy (non-hydrogen) atoms. The second kappa shape index (κ2) is 6.71. The molecule has 0 saturated carbocycles. The molecule has 5 heteroatoms. The Hall–Kier alpha value is -1.78. The molecular formula is C9H15N3O2. The van der Waals surface area contributed by atoms with Gasteiger partial charge in [-0.05, 0) is 6.08 Å². The fraction of sp³-hybridized carbons (Fsp3) is 0.333. The van der Waals surface area contributed by atoms with Crippen molar-refractivity contribution >= 4 is 11.8 Å². The van der Waals surface area contributed by atoms with Crippen LogP contribution < -0.4 is 11.5 Å². The molecule has 0 atom stereocenters. The number of nitrogens with two attached hydrogens (primary N) is 2. The number of rotatable bonds is 4. The normalized spacial score (nSPS) is 13.3. The van der Waals surface area contributed by atoms with Gasteiger partial charge in [-0.2, -0.15) is 0 Å². The van der Waals surface area contributed by atoms with E-state index in [9.17, 15) is 4.79 Å². The van der Waals surface area contributed by atoms with Crippen LogP contribution in [-0.4, -0.2) is 26.0 Å². The van der Waals surface area contributed by atoms with Crippen molar-refractivity contribution in [1.82, 2.24) is 0 Å². The third-order valence-electron chi connectivity index (χ3n) is 1.37. The third kappa shape index (κ3) is 4.97. The predicted octanol–water partition coefficient (Wildman–Crippen LogP) is -0.0647. The number of ether oxygens (including phenoxy) is 1. The summed E-state index contributed by atoms with van der Waals surface area (Å²) < 4.78 is 4.87. The second-order valence-corrected chi connectivity index (χ2v) is 2.45. The van der Waals surface area contributed by atoms with E-state index in [1.807, 2.05) is 0 Å². The largest absolute Gasteiger partial charge is 0.480 e. The number of carbonyl (C=O) groups excluding carboxylic acids is 1. The molecule has 78 valence electrons. The average Bonchev–Trinajstić information content (AvgIpc) is 2.14. The minimum Gasteiger partial charge on any atom is -0.480 e. The quantitative estimate of drug-likeness (QED) is 0.375. The molecule has 5 nitrogen and oxygen atoms in total. The van der Waals surface area contributed by atoms with Gasteiger partial charge in [0.2, 0.25) is 11.8 Å². The third-order valence-corrected chi connectivity index (χ3v) is 1.37. The lowest BCUT2D eigenvalue weighted by Crippen LogP contribution is -2.13. The van der Waals surface area contributed by atoms with Gasteiger partial charge in [0, 0.05) is 13.5 Å². The molecular weight excluding hydrogens is 182 g/mol. The van der Waals surface area contributed by atoms with Gasteiger partial charge in [0.05, 0.1) is 12.8 Å². The number of hydrogen-bond donors (Lipinski definition) is 2. The summed E-state index contributed by atoms with van der Waals surface area (Å²) >= 11 is 0. The molecule has 1 amide bonds. The Morgan fingerprint density at radius 2 is 2.14 bits per heavy atom. The molecule has 0 heterocycles. The van der Waals surface area contributed by atoms with Gasteiger partial charge < -0.3 is 16.2 Å². The van der Waals surface area contributed by atoms with Crippen molar-refractivity contribution in [2.24, 2.45) is 16.5 Å².